The second kappa shape index (κ2) is 11.7. The van der Waals surface area contributed by atoms with Gasteiger partial charge >= 0.3 is 0 Å². The summed E-state index contributed by atoms with van der Waals surface area (Å²) in [7, 11) is 0. The lowest BCUT2D eigenvalue weighted by Gasteiger charge is -2.33. The monoisotopic (exact) mass is 268 g/mol. The zero-order valence-electron chi connectivity index (χ0n) is 13.4. The van der Waals surface area contributed by atoms with Crippen molar-refractivity contribution in [2.24, 2.45) is 0 Å². The first kappa shape index (κ1) is 17.0. The molecular formula is C17H36N2. The van der Waals surface area contributed by atoms with Gasteiger partial charge in [0.25, 0.3) is 0 Å². The van der Waals surface area contributed by atoms with Gasteiger partial charge in [0.05, 0.1) is 0 Å². The van der Waals surface area contributed by atoms with Gasteiger partial charge in [0.1, 0.15) is 0 Å². The van der Waals surface area contributed by atoms with E-state index in [9.17, 15) is 0 Å². The van der Waals surface area contributed by atoms with Gasteiger partial charge in [-0.2, -0.15) is 0 Å². The van der Waals surface area contributed by atoms with E-state index in [0.29, 0.717) is 0 Å². The van der Waals surface area contributed by atoms with Crippen molar-refractivity contribution in [1.29, 1.82) is 0 Å². The van der Waals surface area contributed by atoms with E-state index in [-0.39, 0.29) is 0 Å². The van der Waals surface area contributed by atoms with Crippen LogP contribution in [0.5, 0.6) is 0 Å². The second-order valence-electron chi connectivity index (χ2n) is 6.10. The van der Waals surface area contributed by atoms with Gasteiger partial charge in [0.2, 0.25) is 0 Å². The number of likely N-dealkylation sites (N-methyl/N-ethyl adjacent to an activating group) is 1. The van der Waals surface area contributed by atoms with E-state index in [2.05, 4.69) is 24.1 Å². The fraction of sp³-hybridized carbons (Fsp3) is 1.00. The molecule has 0 amide bonds. The van der Waals surface area contributed by atoms with E-state index < -0.39 is 0 Å². The molecule has 0 aromatic rings. The Morgan fingerprint density at radius 1 is 0.947 bits per heavy atom. The summed E-state index contributed by atoms with van der Waals surface area (Å²) in [5, 5.41) is 3.54. The Balaban J connectivity index is 1.96. The Bertz CT molecular complexity index is 188. The van der Waals surface area contributed by atoms with Crippen LogP contribution in [0.2, 0.25) is 0 Å². The van der Waals surface area contributed by atoms with Crippen LogP contribution in [0.4, 0.5) is 0 Å². The summed E-state index contributed by atoms with van der Waals surface area (Å²) in [6.45, 7) is 9.59. The van der Waals surface area contributed by atoms with Crippen molar-refractivity contribution in [2.45, 2.75) is 84.1 Å². The van der Waals surface area contributed by atoms with Crippen LogP contribution in [-0.2, 0) is 0 Å². The molecule has 1 fully saturated rings. The minimum absolute atomic E-state index is 0.809. The molecule has 2 nitrogen and oxygen atoms in total. The number of rotatable bonds is 11. The van der Waals surface area contributed by atoms with E-state index in [1.54, 1.807) is 0 Å². The van der Waals surface area contributed by atoms with E-state index in [4.69, 9.17) is 0 Å². The summed E-state index contributed by atoms with van der Waals surface area (Å²) in [4.78, 5) is 2.70. The average Bonchev–Trinajstić information content (AvgIpc) is 2.47. The molecule has 0 aromatic heterocycles. The minimum atomic E-state index is 0.809. The summed E-state index contributed by atoms with van der Waals surface area (Å²) < 4.78 is 0. The Kier molecular flexibility index (Phi) is 10.5. The molecule has 1 atom stereocenters. The molecule has 1 saturated heterocycles. The maximum Gasteiger partial charge on any atom is 0.0220 e. The van der Waals surface area contributed by atoms with Crippen molar-refractivity contribution in [1.82, 2.24) is 10.2 Å². The van der Waals surface area contributed by atoms with Gasteiger partial charge < -0.3 is 5.32 Å². The molecule has 0 spiro atoms. The number of nitrogens with one attached hydrogen (secondary N) is 1. The Morgan fingerprint density at radius 3 is 2.21 bits per heavy atom. The van der Waals surface area contributed by atoms with Crippen molar-refractivity contribution in [3.05, 3.63) is 0 Å². The largest absolute Gasteiger partial charge is 0.315 e. The molecule has 1 aliphatic rings. The molecule has 114 valence electrons. The first-order chi connectivity index (χ1) is 9.38. The normalized spacial score (nSPS) is 20.1. The molecule has 0 bridgehead atoms. The molecule has 19 heavy (non-hydrogen) atoms. The number of hydrogen-bond acceptors (Lipinski definition) is 2. The molecular weight excluding hydrogens is 232 g/mol. The third-order valence-electron chi connectivity index (χ3n) is 4.49. The molecule has 2 heteroatoms. The van der Waals surface area contributed by atoms with Gasteiger partial charge in [-0.3, -0.25) is 4.90 Å². The average molecular weight is 268 g/mol. The smallest absolute Gasteiger partial charge is 0.0220 e. The highest BCUT2D eigenvalue weighted by molar-refractivity contribution is 4.77. The molecule has 0 aliphatic carbocycles. The van der Waals surface area contributed by atoms with Gasteiger partial charge in [0, 0.05) is 12.6 Å². The first-order valence-corrected chi connectivity index (χ1v) is 8.83. The van der Waals surface area contributed by atoms with Gasteiger partial charge in [-0.25, -0.2) is 0 Å². The second-order valence-corrected chi connectivity index (χ2v) is 6.10. The third-order valence-corrected chi connectivity index (χ3v) is 4.49. The van der Waals surface area contributed by atoms with Crippen LogP contribution in [0, 0.1) is 0 Å². The summed E-state index contributed by atoms with van der Waals surface area (Å²) in [6.07, 6.45) is 14.2. The zero-order valence-corrected chi connectivity index (χ0v) is 13.4. The Labute approximate surface area is 121 Å². The standard InChI is InChI=1S/C17H36N2/c1-3-5-6-7-8-9-10-11-15-19(4-2)17-13-12-14-18-16-17/h17-18H,3-16H2,1-2H3. The molecule has 1 unspecified atom stereocenters. The topological polar surface area (TPSA) is 15.3 Å². The van der Waals surface area contributed by atoms with Crippen LogP contribution < -0.4 is 5.32 Å². The molecule has 1 heterocycles. The molecule has 1 N–H and O–H groups in total. The SMILES string of the molecule is CCCCCCCCCCN(CC)C1CCCNC1. The summed E-state index contributed by atoms with van der Waals surface area (Å²) >= 11 is 0. The number of hydrogen-bond donors (Lipinski definition) is 1. The summed E-state index contributed by atoms with van der Waals surface area (Å²) in [5.41, 5.74) is 0. The lowest BCUT2D eigenvalue weighted by Crippen LogP contribution is -2.46. The number of nitrogens with zero attached hydrogens (tertiary/aromatic N) is 1. The van der Waals surface area contributed by atoms with Crippen molar-refractivity contribution >= 4 is 0 Å². The molecule has 1 aliphatic heterocycles. The van der Waals surface area contributed by atoms with Gasteiger partial charge in [-0.1, -0.05) is 58.8 Å². The number of unbranched alkanes of at least 4 members (excludes halogenated alkanes) is 7. The van der Waals surface area contributed by atoms with Crippen LogP contribution in [-0.4, -0.2) is 37.1 Å². The van der Waals surface area contributed by atoms with Gasteiger partial charge in [-0.15, -0.1) is 0 Å². The van der Waals surface area contributed by atoms with E-state index >= 15 is 0 Å². The molecule has 1 rings (SSSR count). The van der Waals surface area contributed by atoms with E-state index in [0.717, 1.165) is 6.04 Å². The van der Waals surface area contributed by atoms with Crippen LogP contribution in [0.1, 0.15) is 78.1 Å². The zero-order chi connectivity index (χ0) is 13.8. The van der Waals surface area contributed by atoms with Crippen molar-refractivity contribution in [2.75, 3.05) is 26.2 Å². The Hall–Kier alpha value is -0.0800. The highest BCUT2D eigenvalue weighted by atomic mass is 15.2. The third kappa shape index (κ3) is 7.94. The molecule has 0 saturated carbocycles. The maximum atomic E-state index is 3.54. The van der Waals surface area contributed by atoms with Crippen molar-refractivity contribution < 1.29 is 0 Å². The first-order valence-electron chi connectivity index (χ1n) is 8.83. The van der Waals surface area contributed by atoms with Crippen LogP contribution in [0.3, 0.4) is 0 Å². The molecule has 0 radical (unpaired) electrons. The Morgan fingerprint density at radius 2 is 1.63 bits per heavy atom. The van der Waals surface area contributed by atoms with E-state index in [1.165, 1.54) is 90.4 Å². The van der Waals surface area contributed by atoms with Gasteiger partial charge in [0.15, 0.2) is 0 Å². The summed E-state index contributed by atoms with van der Waals surface area (Å²) in [6, 6.07) is 0.809. The van der Waals surface area contributed by atoms with Crippen LogP contribution in [0.25, 0.3) is 0 Å². The minimum Gasteiger partial charge on any atom is -0.315 e. The van der Waals surface area contributed by atoms with Crippen molar-refractivity contribution in [3.8, 4) is 0 Å². The quantitative estimate of drug-likeness (QED) is 0.565. The highest BCUT2D eigenvalue weighted by Crippen LogP contribution is 2.13. The number of piperidine rings is 1. The fourth-order valence-corrected chi connectivity index (χ4v) is 3.19. The maximum absolute atomic E-state index is 3.54. The fourth-order valence-electron chi connectivity index (χ4n) is 3.19. The van der Waals surface area contributed by atoms with Crippen molar-refractivity contribution in [3.63, 3.8) is 0 Å². The highest BCUT2D eigenvalue weighted by Gasteiger charge is 2.18. The van der Waals surface area contributed by atoms with Crippen LogP contribution in [0.15, 0.2) is 0 Å². The lowest BCUT2D eigenvalue weighted by molar-refractivity contribution is 0.170. The van der Waals surface area contributed by atoms with E-state index in [1.807, 2.05) is 0 Å². The summed E-state index contributed by atoms with van der Waals surface area (Å²) in [5.74, 6) is 0. The van der Waals surface area contributed by atoms with Crippen LogP contribution >= 0.6 is 0 Å². The van der Waals surface area contributed by atoms with Gasteiger partial charge in [-0.05, 0) is 38.9 Å². The molecule has 0 aromatic carbocycles. The predicted octanol–water partition coefficient (Wildman–Crippen LogP) is 4.20. The lowest BCUT2D eigenvalue weighted by atomic mass is 10.0. The predicted molar refractivity (Wildman–Crippen MR) is 85.7 cm³/mol.